The second-order valence-electron chi connectivity index (χ2n) is 8.92. The molecule has 0 atom stereocenters. The van der Waals surface area contributed by atoms with E-state index in [9.17, 15) is 13.2 Å². The van der Waals surface area contributed by atoms with Gasteiger partial charge in [-0.25, -0.2) is 8.42 Å². The van der Waals surface area contributed by atoms with Crippen molar-refractivity contribution in [2.75, 3.05) is 41.9 Å². The van der Waals surface area contributed by atoms with Crippen molar-refractivity contribution in [3.8, 4) is 0 Å². The van der Waals surface area contributed by atoms with Gasteiger partial charge in [0, 0.05) is 36.9 Å². The van der Waals surface area contributed by atoms with Crippen molar-refractivity contribution in [1.29, 1.82) is 0 Å². The van der Waals surface area contributed by atoms with Gasteiger partial charge in [0.25, 0.3) is 10.0 Å². The third kappa shape index (κ3) is 5.80. The van der Waals surface area contributed by atoms with Gasteiger partial charge in [-0.05, 0) is 53.9 Å². The third-order valence-corrected chi connectivity index (χ3v) is 8.29. The molecule has 184 valence electrons. The van der Waals surface area contributed by atoms with E-state index in [1.165, 1.54) is 4.31 Å². The summed E-state index contributed by atoms with van der Waals surface area (Å²) >= 11 is 6.13. The van der Waals surface area contributed by atoms with Gasteiger partial charge < -0.3 is 9.80 Å². The number of piperazine rings is 1. The first kappa shape index (κ1) is 25.1. The fourth-order valence-electron chi connectivity index (χ4n) is 4.17. The fourth-order valence-corrected chi connectivity index (χ4v) is 5.79. The Kier molecular flexibility index (Phi) is 7.67. The summed E-state index contributed by atoms with van der Waals surface area (Å²) in [6.07, 6.45) is 0. The summed E-state index contributed by atoms with van der Waals surface area (Å²) in [5, 5.41) is 0.672. The lowest BCUT2D eigenvalue weighted by atomic mass is 10.0. The average Bonchev–Trinajstić information content (AvgIpc) is 2.87. The molecule has 1 fully saturated rings. The van der Waals surface area contributed by atoms with Gasteiger partial charge >= 0.3 is 0 Å². The fraction of sp³-hybridized carbons (Fsp3) is 0.296. The van der Waals surface area contributed by atoms with E-state index in [2.05, 4.69) is 18.7 Å². The Bertz CT molecular complexity index is 1260. The standard InChI is InChI=1S/C27H30ClN3O3S/c1-21(2)22-11-13-24(14-12-22)31(35(33,34)26-9-4-3-5-10-26)20-27(32)30-17-15-29(16-18-30)25-8-6-7-23(28)19-25/h3-14,19,21H,15-18,20H2,1-2H3. The monoisotopic (exact) mass is 511 g/mol. The number of anilines is 2. The zero-order chi connectivity index (χ0) is 25.0. The van der Waals surface area contributed by atoms with Crippen LogP contribution in [-0.4, -0.2) is 51.9 Å². The topological polar surface area (TPSA) is 60.9 Å². The maximum absolute atomic E-state index is 13.6. The molecule has 3 aromatic rings. The molecule has 4 rings (SSSR count). The predicted molar refractivity (Wildman–Crippen MR) is 142 cm³/mol. The van der Waals surface area contributed by atoms with Crippen LogP contribution in [0.3, 0.4) is 0 Å². The summed E-state index contributed by atoms with van der Waals surface area (Å²) in [4.78, 5) is 17.4. The summed E-state index contributed by atoms with van der Waals surface area (Å²) in [5.41, 5.74) is 2.60. The molecule has 0 bridgehead atoms. The zero-order valence-electron chi connectivity index (χ0n) is 20.0. The van der Waals surface area contributed by atoms with Crippen LogP contribution in [0.4, 0.5) is 11.4 Å². The smallest absolute Gasteiger partial charge is 0.264 e. The Labute approximate surface area is 212 Å². The number of carbonyl (C=O) groups excluding carboxylic acids is 1. The molecule has 0 aromatic heterocycles. The first-order valence-electron chi connectivity index (χ1n) is 11.7. The summed E-state index contributed by atoms with van der Waals surface area (Å²) in [6.45, 7) is 6.24. The number of nitrogens with zero attached hydrogens (tertiary/aromatic N) is 3. The molecule has 6 nitrogen and oxygen atoms in total. The van der Waals surface area contributed by atoms with Gasteiger partial charge in [-0.15, -0.1) is 0 Å². The Hall–Kier alpha value is -3.03. The molecule has 0 radical (unpaired) electrons. The van der Waals surface area contributed by atoms with Crippen molar-refractivity contribution >= 4 is 38.9 Å². The lowest BCUT2D eigenvalue weighted by Gasteiger charge is -2.37. The van der Waals surface area contributed by atoms with Crippen molar-refractivity contribution in [1.82, 2.24) is 4.90 Å². The van der Waals surface area contributed by atoms with Crippen LogP contribution in [0.25, 0.3) is 0 Å². The van der Waals surface area contributed by atoms with Gasteiger partial charge in [0.2, 0.25) is 5.91 Å². The van der Waals surface area contributed by atoms with Crippen molar-refractivity contribution in [2.45, 2.75) is 24.7 Å². The van der Waals surface area contributed by atoms with Crippen molar-refractivity contribution in [3.05, 3.63) is 89.4 Å². The van der Waals surface area contributed by atoms with Crippen LogP contribution in [0.2, 0.25) is 5.02 Å². The largest absolute Gasteiger partial charge is 0.368 e. The minimum atomic E-state index is -3.92. The van der Waals surface area contributed by atoms with Gasteiger partial charge in [-0.2, -0.15) is 0 Å². The molecule has 1 heterocycles. The van der Waals surface area contributed by atoms with Crippen LogP contribution in [0.1, 0.15) is 25.3 Å². The van der Waals surface area contributed by atoms with Crippen LogP contribution < -0.4 is 9.21 Å². The first-order valence-corrected chi connectivity index (χ1v) is 13.5. The Morgan fingerprint density at radius 2 is 1.57 bits per heavy atom. The first-order chi connectivity index (χ1) is 16.8. The molecule has 3 aromatic carbocycles. The van der Waals surface area contributed by atoms with E-state index in [0.717, 1.165) is 11.3 Å². The van der Waals surface area contributed by atoms with E-state index >= 15 is 0 Å². The molecule has 0 N–H and O–H groups in total. The van der Waals surface area contributed by atoms with Crippen LogP contribution in [0.5, 0.6) is 0 Å². The minimum absolute atomic E-state index is 0.159. The van der Waals surface area contributed by atoms with Crippen molar-refractivity contribution in [3.63, 3.8) is 0 Å². The highest BCUT2D eigenvalue weighted by Crippen LogP contribution is 2.26. The number of hydrogen-bond donors (Lipinski definition) is 0. The van der Waals surface area contributed by atoms with Gasteiger partial charge in [0.05, 0.1) is 10.6 Å². The van der Waals surface area contributed by atoms with Crippen LogP contribution in [0.15, 0.2) is 83.8 Å². The summed E-state index contributed by atoms with van der Waals surface area (Å²) < 4.78 is 28.4. The van der Waals surface area contributed by atoms with Crippen LogP contribution in [0, 0.1) is 0 Å². The van der Waals surface area contributed by atoms with E-state index < -0.39 is 10.0 Å². The SMILES string of the molecule is CC(C)c1ccc(N(CC(=O)N2CCN(c3cccc(Cl)c3)CC2)S(=O)(=O)c2ccccc2)cc1. The van der Waals surface area contributed by atoms with Gasteiger partial charge in [-0.3, -0.25) is 9.10 Å². The zero-order valence-corrected chi connectivity index (χ0v) is 21.5. The van der Waals surface area contributed by atoms with E-state index in [1.807, 2.05) is 36.4 Å². The number of halogens is 1. The molecular weight excluding hydrogens is 482 g/mol. The molecule has 0 spiro atoms. The molecule has 1 amide bonds. The van der Waals surface area contributed by atoms with E-state index in [4.69, 9.17) is 11.6 Å². The number of rotatable bonds is 7. The second-order valence-corrected chi connectivity index (χ2v) is 11.2. The van der Waals surface area contributed by atoms with Gasteiger partial charge in [-0.1, -0.05) is 61.8 Å². The molecule has 8 heteroatoms. The normalized spacial score (nSPS) is 14.3. The molecule has 35 heavy (non-hydrogen) atoms. The molecule has 0 unspecified atom stereocenters. The average molecular weight is 512 g/mol. The molecule has 0 aliphatic carbocycles. The molecule has 0 saturated carbocycles. The highest BCUT2D eigenvalue weighted by molar-refractivity contribution is 7.92. The quantitative estimate of drug-likeness (QED) is 0.447. The number of benzene rings is 3. The maximum atomic E-state index is 13.6. The molecular formula is C27H30ClN3O3S. The second kappa shape index (κ2) is 10.7. The Balaban J connectivity index is 1.53. The van der Waals surface area contributed by atoms with Crippen LogP contribution in [-0.2, 0) is 14.8 Å². The van der Waals surface area contributed by atoms with Gasteiger partial charge in [0.1, 0.15) is 6.54 Å². The van der Waals surface area contributed by atoms with Crippen LogP contribution >= 0.6 is 11.6 Å². The van der Waals surface area contributed by atoms with E-state index in [-0.39, 0.29) is 17.3 Å². The van der Waals surface area contributed by atoms with Crippen molar-refractivity contribution in [2.24, 2.45) is 0 Å². The van der Waals surface area contributed by atoms with Gasteiger partial charge in [0.15, 0.2) is 0 Å². The third-order valence-electron chi connectivity index (χ3n) is 6.26. The Morgan fingerprint density at radius 3 is 2.17 bits per heavy atom. The number of amides is 1. The summed E-state index contributed by atoms with van der Waals surface area (Å²) in [5.74, 6) is 0.101. The summed E-state index contributed by atoms with van der Waals surface area (Å²) in [6, 6.07) is 23.3. The molecule has 1 aliphatic heterocycles. The lowest BCUT2D eigenvalue weighted by molar-refractivity contribution is -0.129. The summed E-state index contributed by atoms with van der Waals surface area (Å²) in [7, 11) is -3.92. The predicted octanol–water partition coefficient (Wildman–Crippen LogP) is 5.01. The number of hydrogen-bond acceptors (Lipinski definition) is 4. The number of carbonyl (C=O) groups is 1. The van der Waals surface area contributed by atoms with E-state index in [1.54, 1.807) is 47.4 Å². The highest BCUT2D eigenvalue weighted by atomic mass is 35.5. The van der Waals surface area contributed by atoms with Crippen molar-refractivity contribution < 1.29 is 13.2 Å². The maximum Gasteiger partial charge on any atom is 0.264 e. The lowest BCUT2D eigenvalue weighted by Crippen LogP contribution is -2.52. The minimum Gasteiger partial charge on any atom is -0.368 e. The molecule has 1 aliphatic rings. The molecule has 1 saturated heterocycles. The highest BCUT2D eigenvalue weighted by Gasteiger charge is 2.30. The Morgan fingerprint density at radius 1 is 0.914 bits per heavy atom. The van der Waals surface area contributed by atoms with E-state index in [0.29, 0.717) is 42.8 Å². The number of sulfonamides is 1.